The van der Waals surface area contributed by atoms with Crippen LogP contribution in [-0.4, -0.2) is 12.6 Å². The van der Waals surface area contributed by atoms with E-state index in [9.17, 15) is 4.79 Å². The van der Waals surface area contributed by atoms with E-state index < -0.39 is 0 Å². The summed E-state index contributed by atoms with van der Waals surface area (Å²) in [4.78, 5) is 11.6. The van der Waals surface area contributed by atoms with Gasteiger partial charge in [-0.05, 0) is 53.3 Å². The molecule has 0 saturated heterocycles. The van der Waals surface area contributed by atoms with E-state index in [1.807, 2.05) is 26.0 Å². The zero-order valence-corrected chi connectivity index (χ0v) is 22.3. The number of carbonyl (C=O) groups is 1. The van der Waals surface area contributed by atoms with Crippen molar-refractivity contribution in [2.75, 3.05) is 6.61 Å². The average Bonchev–Trinajstić information content (AvgIpc) is 2.92. The molecule has 0 bridgehead atoms. The van der Waals surface area contributed by atoms with Crippen LogP contribution in [0.15, 0.2) is 72.8 Å². The number of rotatable bonds is 15. The Labute approximate surface area is 217 Å². The molecule has 0 aromatic heterocycles. The summed E-state index contributed by atoms with van der Waals surface area (Å²) in [5, 5.41) is 0. The van der Waals surface area contributed by atoms with Crippen molar-refractivity contribution in [3.63, 3.8) is 0 Å². The third kappa shape index (κ3) is 8.55. The van der Waals surface area contributed by atoms with Crippen LogP contribution >= 0.6 is 0 Å². The van der Waals surface area contributed by atoms with Crippen LogP contribution in [0.25, 0.3) is 22.3 Å². The van der Waals surface area contributed by atoms with Crippen LogP contribution in [0.4, 0.5) is 0 Å². The summed E-state index contributed by atoms with van der Waals surface area (Å²) in [6.07, 6.45) is 10.6. The summed E-state index contributed by atoms with van der Waals surface area (Å²) in [7, 11) is 0. The van der Waals surface area contributed by atoms with E-state index in [1.165, 1.54) is 61.6 Å². The minimum atomic E-state index is -0.250. The lowest BCUT2D eigenvalue weighted by atomic mass is 9.94. The van der Waals surface area contributed by atoms with Crippen molar-refractivity contribution in [1.29, 1.82) is 0 Å². The fraction of sp³-hybridized carbons (Fsp3) is 0.424. The smallest absolute Gasteiger partial charge is 0.306 e. The van der Waals surface area contributed by atoms with E-state index in [-0.39, 0.29) is 12.1 Å². The molecule has 0 radical (unpaired) electrons. The zero-order valence-electron chi connectivity index (χ0n) is 22.3. The predicted molar refractivity (Wildman–Crippen MR) is 150 cm³/mol. The standard InChI is InChI=1S/C33H42O3/c1-4-6-7-8-9-10-11-14-25-35-30-23-21-29(22-24-30)32-16-13-12-15-31(32)28-19-17-27(18-20-28)26(3)36-33(34)5-2/h12-13,15-24,26H,4-11,14,25H2,1-3H3. The van der Waals surface area contributed by atoms with Gasteiger partial charge in [0.05, 0.1) is 6.61 Å². The van der Waals surface area contributed by atoms with E-state index in [0.29, 0.717) is 6.42 Å². The minimum Gasteiger partial charge on any atom is -0.494 e. The Morgan fingerprint density at radius 3 is 1.78 bits per heavy atom. The molecule has 1 atom stereocenters. The van der Waals surface area contributed by atoms with Gasteiger partial charge < -0.3 is 9.47 Å². The van der Waals surface area contributed by atoms with Gasteiger partial charge in [0.25, 0.3) is 0 Å². The Morgan fingerprint density at radius 2 is 1.22 bits per heavy atom. The normalized spacial score (nSPS) is 11.8. The number of unbranched alkanes of at least 4 members (excludes halogenated alkanes) is 7. The molecule has 3 rings (SSSR count). The van der Waals surface area contributed by atoms with Gasteiger partial charge >= 0.3 is 5.97 Å². The van der Waals surface area contributed by atoms with Gasteiger partial charge in [0.2, 0.25) is 0 Å². The Kier molecular flexibility index (Phi) is 11.6. The molecule has 0 aliphatic rings. The topological polar surface area (TPSA) is 35.5 Å². The van der Waals surface area contributed by atoms with Crippen LogP contribution in [0.5, 0.6) is 5.75 Å². The van der Waals surface area contributed by atoms with Crippen LogP contribution in [0.1, 0.15) is 90.2 Å². The fourth-order valence-electron chi connectivity index (χ4n) is 4.43. The molecule has 3 nitrogen and oxygen atoms in total. The summed E-state index contributed by atoms with van der Waals surface area (Å²) in [6, 6.07) is 25.2. The molecule has 0 spiro atoms. The number of hydrogen-bond donors (Lipinski definition) is 0. The molecule has 3 aromatic carbocycles. The van der Waals surface area contributed by atoms with Crippen molar-refractivity contribution < 1.29 is 14.3 Å². The Morgan fingerprint density at radius 1 is 0.694 bits per heavy atom. The quantitative estimate of drug-likeness (QED) is 0.158. The molecule has 0 amide bonds. The highest BCUT2D eigenvalue weighted by atomic mass is 16.5. The molecule has 0 N–H and O–H groups in total. The molecule has 192 valence electrons. The molecule has 0 saturated carbocycles. The molecular formula is C33H42O3. The number of benzene rings is 3. The first-order chi connectivity index (χ1) is 17.6. The Hall–Kier alpha value is -3.07. The molecule has 3 heteroatoms. The molecular weight excluding hydrogens is 444 g/mol. The Bertz CT molecular complexity index is 1040. The first-order valence-electron chi connectivity index (χ1n) is 13.7. The van der Waals surface area contributed by atoms with E-state index >= 15 is 0 Å². The maximum Gasteiger partial charge on any atom is 0.306 e. The van der Waals surface area contributed by atoms with E-state index in [1.54, 1.807) is 0 Å². The highest BCUT2D eigenvalue weighted by Gasteiger charge is 2.12. The lowest BCUT2D eigenvalue weighted by Gasteiger charge is -2.15. The molecule has 36 heavy (non-hydrogen) atoms. The van der Waals surface area contributed by atoms with Gasteiger partial charge in [-0.25, -0.2) is 0 Å². The van der Waals surface area contributed by atoms with Crippen molar-refractivity contribution in [1.82, 2.24) is 0 Å². The highest BCUT2D eigenvalue weighted by molar-refractivity contribution is 5.83. The summed E-state index contributed by atoms with van der Waals surface area (Å²) < 4.78 is 11.4. The molecule has 0 aliphatic heterocycles. The van der Waals surface area contributed by atoms with Crippen LogP contribution in [0.2, 0.25) is 0 Å². The van der Waals surface area contributed by atoms with E-state index in [4.69, 9.17) is 9.47 Å². The Balaban J connectivity index is 1.56. The van der Waals surface area contributed by atoms with Gasteiger partial charge in [0, 0.05) is 6.42 Å². The lowest BCUT2D eigenvalue weighted by molar-refractivity contribution is -0.148. The number of carbonyl (C=O) groups excluding carboxylic acids is 1. The highest BCUT2D eigenvalue weighted by Crippen LogP contribution is 2.33. The second-order valence-electron chi connectivity index (χ2n) is 9.50. The number of esters is 1. The maximum absolute atomic E-state index is 11.6. The first-order valence-corrected chi connectivity index (χ1v) is 13.7. The average molecular weight is 487 g/mol. The molecule has 0 heterocycles. The molecule has 0 aliphatic carbocycles. The second kappa shape index (κ2) is 15.1. The first kappa shape index (κ1) is 27.5. The van der Waals surface area contributed by atoms with Crippen LogP contribution in [0, 0.1) is 0 Å². The zero-order chi connectivity index (χ0) is 25.6. The van der Waals surface area contributed by atoms with Crippen molar-refractivity contribution in [2.24, 2.45) is 0 Å². The second-order valence-corrected chi connectivity index (χ2v) is 9.50. The van der Waals surface area contributed by atoms with Gasteiger partial charge in [-0.2, -0.15) is 0 Å². The molecule has 1 unspecified atom stereocenters. The summed E-state index contributed by atoms with van der Waals surface area (Å²) in [6.45, 7) is 6.77. The predicted octanol–water partition coefficient (Wildman–Crippen LogP) is 9.55. The SMILES string of the molecule is CCCCCCCCCCOc1ccc(-c2ccccc2-c2ccc(C(C)OC(=O)CC)cc2)cc1. The third-order valence-electron chi connectivity index (χ3n) is 6.65. The van der Waals surface area contributed by atoms with Gasteiger partial charge in [-0.1, -0.05) is 119 Å². The van der Waals surface area contributed by atoms with Crippen molar-refractivity contribution in [3.05, 3.63) is 78.4 Å². The van der Waals surface area contributed by atoms with Gasteiger partial charge in [0.15, 0.2) is 0 Å². The van der Waals surface area contributed by atoms with Crippen LogP contribution < -0.4 is 4.74 Å². The maximum atomic E-state index is 11.6. The molecule has 3 aromatic rings. The third-order valence-corrected chi connectivity index (χ3v) is 6.65. The fourth-order valence-corrected chi connectivity index (χ4v) is 4.43. The minimum absolute atomic E-state index is 0.179. The summed E-state index contributed by atoms with van der Waals surface area (Å²) >= 11 is 0. The summed E-state index contributed by atoms with van der Waals surface area (Å²) in [5.74, 6) is 0.751. The number of ether oxygens (including phenoxy) is 2. The van der Waals surface area contributed by atoms with Gasteiger partial charge in [-0.15, -0.1) is 0 Å². The van der Waals surface area contributed by atoms with E-state index in [0.717, 1.165) is 29.9 Å². The van der Waals surface area contributed by atoms with Crippen molar-refractivity contribution >= 4 is 5.97 Å². The molecule has 0 fully saturated rings. The number of hydrogen-bond acceptors (Lipinski definition) is 3. The van der Waals surface area contributed by atoms with Crippen LogP contribution in [0.3, 0.4) is 0 Å². The van der Waals surface area contributed by atoms with Gasteiger partial charge in [0.1, 0.15) is 11.9 Å². The largest absolute Gasteiger partial charge is 0.494 e. The van der Waals surface area contributed by atoms with Gasteiger partial charge in [-0.3, -0.25) is 4.79 Å². The van der Waals surface area contributed by atoms with Crippen LogP contribution in [-0.2, 0) is 9.53 Å². The van der Waals surface area contributed by atoms with E-state index in [2.05, 4.69) is 67.6 Å². The monoisotopic (exact) mass is 486 g/mol. The van der Waals surface area contributed by atoms with Crippen molar-refractivity contribution in [3.8, 4) is 28.0 Å². The lowest BCUT2D eigenvalue weighted by Crippen LogP contribution is -2.07. The summed E-state index contributed by atoms with van der Waals surface area (Å²) in [5.41, 5.74) is 5.66. The van der Waals surface area contributed by atoms with Crippen molar-refractivity contribution in [2.45, 2.75) is 84.7 Å².